The van der Waals surface area contributed by atoms with Gasteiger partial charge in [0.25, 0.3) is 0 Å². The molecule has 0 spiro atoms. The highest BCUT2D eigenvalue weighted by molar-refractivity contribution is 6.78. The van der Waals surface area contributed by atoms with Gasteiger partial charge in [0, 0.05) is 6.92 Å². The van der Waals surface area contributed by atoms with Gasteiger partial charge >= 0.3 is 5.97 Å². The Kier molecular flexibility index (Phi) is 12.1. The lowest BCUT2D eigenvalue weighted by atomic mass is 9.99. The third-order valence-electron chi connectivity index (χ3n) is 8.19. The van der Waals surface area contributed by atoms with Crippen molar-refractivity contribution in [3.05, 3.63) is 0 Å². The van der Waals surface area contributed by atoms with Crippen molar-refractivity contribution in [2.45, 2.75) is 154 Å². The molecule has 208 valence electrons. The smallest absolute Gasteiger partial charge is 0.303 e. The van der Waals surface area contributed by atoms with Crippen LogP contribution in [0.5, 0.6) is 0 Å². The van der Waals surface area contributed by atoms with Gasteiger partial charge in [-0.05, 0) is 33.2 Å². The molecule has 35 heavy (non-hydrogen) atoms. The van der Waals surface area contributed by atoms with E-state index in [4.69, 9.17) is 18.3 Å². The summed E-state index contributed by atoms with van der Waals surface area (Å²) in [5.41, 5.74) is 1.99. The van der Waals surface area contributed by atoms with E-state index in [1.54, 1.807) is 0 Å². The molecule has 0 radical (unpaired) electrons. The van der Waals surface area contributed by atoms with Crippen LogP contribution < -0.4 is 0 Å². The fourth-order valence-electron chi connectivity index (χ4n) is 6.88. The molecule has 1 unspecified atom stereocenters. The topological polar surface area (TPSA) is 94.5 Å². The number of carbonyl (C=O) groups is 1. The lowest BCUT2D eigenvalue weighted by Gasteiger charge is -2.51. The Labute approximate surface area is 216 Å². The summed E-state index contributed by atoms with van der Waals surface area (Å²) in [4.78, 5) is 11.7. The molecule has 1 heterocycles. The van der Waals surface area contributed by atoms with Crippen molar-refractivity contribution in [2.75, 3.05) is 6.61 Å². The molecule has 1 aliphatic heterocycles. The molecule has 5 atom stereocenters. The van der Waals surface area contributed by atoms with Crippen molar-refractivity contribution in [1.29, 1.82) is 0 Å². The first-order valence-electron chi connectivity index (χ1n) is 13.5. The van der Waals surface area contributed by atoms with E-state index in [2.05, 4.69) is 83.1 Å². The summed E-state index contributed by atoms with van der Waals surface area (Å²) in [6, 6.07) is 0. The molecular weight excluding hydrogens is 480 g/mol. The van der Waals surface area contributed by atoms with Gasteiger partial charge in [-0.3, -0.25) is 4.79 Å². The molecule has 0 bridgehead atoms. The van der Waals surface area contributed by atoms with E-state index in [1.165, 1.54) is 6.92 Å². The van der Waals surface area contributed by atoms with Gasteiger partial charge in [0.1, 0.15) is 18.3 Å². The van der Waals surface area contributed by atoms with Crippen molar-refractivity contribution in [3.8, 4) is 0 Å². The van der Waals surface area contributed by atoms with Gasteiger partial charge in [-0.1, -0.05) is 83.1 Å². The number of esters is 1. The van der Waals surface area contributed by atoms with E-state index in [1.807, 2.05) is 0 Å². The number of ether oxygens (including phenoxy) is 2. The lowest BCUT2D eigenvalue weighted by Crippen LogP contribution is -2.65. The number of rotatable bonds is 12. The van der Waals surface area contributed by atoms with Crippen molar-refractivity contribution >= 4 is 22.6 Å². The Morgan fingerprint density at radius 2 is 1.14 bits per heavy atom. The maximum Gasteiger partial charge on any atom is 0.303 e. The Morgan fingerprint density at radius 1 is 0.743 bits per heavy atom. The lowest BCUT2D eigenvalue weighted by molar-refractivity contribution is -0.287. The molecule has 1 fully saturated rings. The van der Waals surface area contributed by atoms with Gasteiger partial charge in [-0.25, -0.2) is 0 Å². The zero-order chi connectivity index (χ0) is 27.5. The summed E-state index contributed by atoms with van der Waals surface area (Å²) in [6.07, 6.45) is -5.36. The number of carbonyl (C=O) groups excluding carboxylic acids is 1. The molecule has 1 saturated heterocycles. The average molecular weight is 535 g/mol. The van der Waals surface area contributed by atoms with Crippen LogP contribution in [-0.4, -0.2) is 70.1 Å². The van der Waals surface area contributed by atoms with Crippen LogP contribution in [0.15, 0.2) is 0 Å². The van der Waals surface area contributed by atoms with E-state index in [-0.39, 0.29) is 23.2 Å². The molecule has 0 saturated carbocycles. The molecule has 2 N–H and O–H groups in total. The summed E-state index contributed by atoms with van der Waals surface area (Å²) in [5.74, 6) is -0.587. The summed E-state index contributed by atoms with van der Waals surface area (Å²) in [5, 5.41) is 22.1. The second kappa shape index (κ2) is 13.0. The highest BCUT2D eigenvalue weighted by Crippen LogP contribution is 2.46. The van der Waals surface area contributed by atoms with Gasteiger partial charge in [-0.2, -0.15) is 0 Å². The van der Waals surface area contributed by atoms with Crippen LogP contribution >= 0.6 is 0 Å². The van der Waals surface area contributed by atoms with Crippen molar-refractivity contribution in [1.82, 2.24) is 0 Å². The minimum atomic E-state index is -2.44. The minimum absolute atomic E-state index is 0.213. The van der Waals surface area contributed by atoms with Gasteiger partial charge < -0.3 is 28.5 Å². The second-order valence-electron chi connectivity index (χ2n) is 12.2. The predicted molar refractivity (Wildman–Crippen MR) is 145 cm³/mol. The first kappa shape index (κ1) is 32.7. The second-order valence-corrected chi connectivity index (χ2v) is 23.0. The molecule has 0 aliphatic carbocycles. The van der Waals surface area contributed by atoms with Crippen molar-refractivity contribution < 1.29 is 33.3 Å². The summed E-state index contributed by atoms with van der Waals surface area (Å²) >= 11 is 0. The van der Waals surface area contributed by atoms with E-state index >= 15 is 0 Å². The maximum atomic E-state index is 11.7. The highest BCUT2D eigenvalue weighted by Gasteiger charge is 2.55. The first-order valence-corrected chi connectivity index (χ1v) is 17.7. The Balaban J connectivity index is 3.48. The number of hydrogen-bond donors (Lipinski definition) is 2. The van der Waals surface area contributed by atoms with E-state index in [0.29, 0.717) is 16.6 Å². The predicted octanol–water partition coefficient (Wildman–Crippen LogP) is 5.75. The zero-order valence-corrected chi connectivity index (χ0v) is 26.5. The molecule has 0 aromatic carbocycles. The number of hydrogen-bond acceptors (Lipinski definition) is 7. The number of aliphatic hydroxyl groups excluding tert-OH is 2. The third-order valence-corrected chi connectivity index (χ3v) is 20.4. The molecule has 0 aromatic heterocycles. The van der Waals surface area contributed by atoms with Gasteiger partial charge in [0.15, 0.2) is 20.7 Å². The highest BCUT2D eigenvalue weighted by atomic mass is 28.4. The van der Waals surface area contributed by atoms with Gasteiger partial charge in [0.05, 0.1) is 6.61 Å². The summed E-state index contributed by atoms with van der Waals surface area (Å²) in [7, 11) is -4.66. The van der Waals surface area contributed by atoms with E-state index in [0.717, 1.165) is 0 Å². The fourth-order valence-corrected chi connectivity index (χ4v) is 17.9. The van der Waals surface area contributed by atoms with Crippen LogP contribution in [0.4, 0.5) is 0 Å². The fraction of sp³-hybridized carbons (Fsp3) is 0.962. The van der Waals surface area contributed by atoms with Gasteiger partial charge in [-0.15, -0.1) is 0 Å². The molecule has 7 nitrogen and oxygen atoms in total. The number of aliphatic hydroxyl groups is 2. The third kappa shape index (κ3) is 6.78. The SMILES string of the molecule is CC(=O)O[C@H]1C(O)O[C@@H](CO[Si](C(C)C)(C(C)C)C(C)C)[C@H](O[Si](C(C)C)(C(C)C)C(C)C)[C@@H]1O. The van der Waals surface area contributed by atoms with E-state index < -0.39 is 53.3 Å². The van der Waals surface area contributed by atoms with Crippen LogP contribution in [0.3, 0.4) is 0 Å². The van der Waals surface area contributed by atoms with Crippen molar-refractivity contribution in [3.63, 3.8) is 0 Å². The first-order chi connectivity index (χ1) is 16.0. The zero-order valence-electron chi connectivity index (χ0n) is 24.5. The molecule has 1 rings (SSSR count). The van der Waals surface area contributed by atoms with Crippen LogP contribution in [0, 0.1) is 0 Å². The maximum absolute atomic E-state index is 11.7. The van der Waals surface area contributed by atoms with E-state index in [9.17, 15) is 15.0 Å². The molecule has 0 aromatic rings. The average Bonchev–Trinajstić information content (AvgIpc) is 2.69. The van der Waals surface area contributed by atoms with Gasteiger partial charge in [0.2, 0.25) is 8.32 Å². The molecule has 1 aliphatic rings. The normalized spacial score (nSPS) is 26.6. The van der Waals surface area contributed by atoms with Crippen LogP contribution in [0.1, 0.15) is 90.0 Å². The van der Waals surface area contributed by atoms with Crippen LogP contribution in [-0.2, 0) is 23.1 Å². The quantitative estimate of drug-likeness (QED) is 0.243. The minimum Gasteiger partial charge on any atom is -0.454 e. The summed E-state index contributed by atoms with van der Waals surface area (Å²) in [6.45, 7) is 27.9. The summed E-state index contributed by atoms with van der Waals surface area (Å²) < 4.78 is 25.1. The Morgan fingerprint density at radius 3 is 1.49 bits per heavy atom. The Bertz CT molecular complexity index is 623. The van der Waals surface area contributed by atoms with Crippen LogP contribution in [0.2, 0.25) is 33.2 Å². The van der Waals surface area contributed by atoms with Crippen LogP contribution in [0.25, 0.3) is 0 Å². The standard InChI is InChI=1S/C26H54O7Si2/c1-15(2)34(16(3)4,17(5)6)30-14-22-24(23(28)25(26(29)32-22)31-21(13)27)33-35(18(7)8,19(9)10)20(11)12/h15-20,22-26,28-29H,14H2,1-13H3/t22-,23-,24-,25+,26?/m0/s1. The largest absolute Gasteiger partial charge is 0.454 e. The molecular formula is C26H54O7Si2. The monoisotopic (exact) mass is 534 g/mol. The Hall–Kier alpha value is -0.296. The molecule has 9 heteroatoms. The molecule has 0 amide bonds. The van der Waals surface area contributed by atoms with Crippen molar-refractivity contribution in [2.24, 2.45) is 0 Å².